The number of para-hydroxylation sites is 1. The molecular weight excluding hydrogens is 407 g/mol. The number of nitrogens with one attached hydrogen (secondary N) is 1. The number of halogens is 1. The van der Waals surface area contributed by atoms with Gasteiger partial charge in [0, 0.05) is 29.6 Å². The first-order valence-electron chi connectivity index (χ1n) is 9.22. The highest BCUT2D eigenvalue weighted by Crippen LogP contribution is 2.32. The average molecular weight is 424 g/mol. The van der Waals surface area contributed by atoms with Crippen LogP contribution in [0.4, 0.5) is 9.18 Å². The van der Waals surface area contributed by atoms with E-state index in [1.807, 2.05) is 18.2 Å². The average Bonchev–Trinajstić information content (AvgIpc) is 3.21. The Balaban J connectivity index is 1.40. The number of fused-ring (bicyclic) bond motifs is 1. The van der Waals surface area contributed by atoms with E-state index in [0.717, 1.165) is 27.6 Å². The number of furan rings is 1. The Hall–Kier alpha value is -3.39. The van der Waals surface area contributed by atoms with Crippen LogP contribution in [0.5, 0.6) is 0 Å². The van der Waals surface area contributed by atoms with E-state index < -0.39 is 22.9 Å². The molecule has 152 valence electrons. The largest absolute Gasteiger partial charge is 0.451 e. The van der Waals surface area contributed by atoms with Crippen molar-refractivity contribution < 1.29 is 23.2 Å². The molecular formula is C22H17FN2O4S. The molecule has 0 aliphatic carbocycles. The van der Waals surface area contributed by atoms with Crippen molar-refractivity contribution in [2.75, 3.05) is 13.1 Å². The summed E-state index contributed by atoms with van der Waals surface area (Å²) in [7, 11) is 0. The predicted octanol–water partition coefficient (Wildman–Crippen LogP) is 4.35. The molecule has 1 N–H and O–H groups in total. The summed E-state index contributed by atoms with van der Waals surface area (Å²) in [6, 6.07) is 13.3. The van der Waals surface area contributed by atoms with E-state index in [-0.39, 0.29) is 29.3 Å². The number of nitrogens with zero attached hydrogens (tertiary/aromatic N) is 1. The normalized spacial score (nSPS) is 15.4. The number of amides is 3. The molecule has 1 saturated heterocycles. The molecule has 4 rings (SSSR count). The summed E-state index contributed by atoms with van der Waals surface area (Å²) >= 11 is 0.747. The van der Waals surface area contributed by atoms with Crippen LogP contribution in [0.25, 0.3) is 17.0 Å². The Kier molecular flexibility index (Phi) is 5.41. The van der Waals surface area contributed by atoms with Crippen LogP contribution in [0.2, 0.25) is 0 Å². The van der Waals surface area contributed by atoms with Crippen LogP contribution in [-0.4, -0.2) is 35.0 Å². The van der Waals surface area contributed by atoms with Gasteiger partial charge in [-0.1, -0.05) is 36.4 Å². The number of thioether (sulfide) groups is 1. The quantitative estimate of drug-likeness (QED) is 0.616. The second kappa shape index (κ2) is 8.16. The van der Waals surface area contributed by atoms with Crippen LogP contribution < -0.4 is 5.32 Å². The van der Waals surface area contributed by atoms with Gasteiger partial charge in [-0.3, -0.25) is 19.3 Å². The zero-order valence-electron chi connectivity index (χ0n) is 16.0. The first-order valence-corrected chi connectivity index (χ1v) is 10.0. The lowest BCUT2D eigenvalue weighted by molar-refractivity contribution is -0.122. The molecule has 0 atom stereocenters. The molecule has 0 bridgehead atoms. The number of hydrogen-bond donors (Lipinski definition) is 1. The van der Waals surface area contributed by atoms with Crippen molar-refractivity contribution in [1.29, 1.82) is 0 Å². The van der Waals surface area contributed by atoms with Gasteiger partial charge >= 0.3 is 0 Å². The number of imide groups is 1. The number of rotatable bonds is 5. The molecule has 1 fully saturated rings. The highest BCUT2D eigenvalue weighted by Gasteiger charge is 2.35. The third-order valence-corrected chi connectivity index (χ3v) is 5.64. The molecule has 1 aliphatic heterocycles. The van der Waals surface area contributed by atoms with E-state index >= 15 is 0 Å². The molecule has 0 saturated carbocycles. The Morgan fingerprint density at radius 3 is 2.67 bits per heavy atom. The van der Waals surface area contributed by atoms with Crippen LogP contribution in [0, 0.1) is 12.7 Å². The molecule has 0 unspecified atom stereocenters. The molecule has 8 heteroatoms. The van der Waals surface area contributed by atoms with Gasteiger partial charge in [0.2, 0.25) is 0 Å². The summed E-state index contributed by atoms with van der Waals surface area (Å²) in [5, 5.41) is 3.07. The van der Waals surface area contributed by atoms with Crippen LogP contribution >= 0.6 is 11.8 Å². The van der Waals surface area contributed by atoms with Crippen molar-refractivity contribution in [2.45, 2.75) is 6.92 Å². The van der Waals surface area contributed by atoms with Gasteiger partial charge in [0.25, 0.3) is 17.1 Å². The zero-order valence-corrected chi connectivity index (χ0v) is 16.8. The Morgan fingerprint density at radius 1 is 1.17 bits per heavy atom. The van der Waals surface area contributed by atoms with Gasteiger partial charge in [-0.2, -0.15) is 0 Å². The van der Waals surface area contributed by atoms with E-state index in [2.05, 4.69) is 5.32 Å². The van der Waals surface area contributed by atoms with Crippen LogP contribution in [0.3, 0.4) is 0 Å². The maximum absolute atomic E-state index is 13.8. The fourth-order valence-corrected chi connectivity index (χ4v) is 4.03. The molecule has 1 aromatic heterocycles. The van der Waals surface area contributed by atoms with Gasteiger partial charge in [-0.05, 0) is 36.9 Å². The highest BCUT2D eigenvalue weighted by atomic mass is 32.2. The summed E-state index contributed by atoms with van der Waals surface area (Å²) in [6.07, 6.45) is 1.36. The summed E-state index contributed by atoms with van der Waals surface area (Å²) in [5.74, 6) is -1.21. The lowest BCUT2D eigenvalue weighted by atomic mass is 10.1. The van der Waals surface area contributed by atoms with Gasteiger partial charge in [0.05, 0.1) is 4.91 Å². The Bertz CT molecular complexity index is 1200. The molecule has 2 aromatic carbocycles. The highest BCUT2D eigenvalue weighted by molar-refractivity contribution is 8.18. The molecule has 3 amide bonds. The SMILES string of the molecule is Cc1c(C(=O)NCCN2C(=O)S/C(=C\c3ccccc3F)C2=O)oc2ccccc12. The van der Waals surface area contributed by atoms with Crippen molar-refractivity contribution in [3.8, 4) is 0 Å². The number of carbonyl (C=O) groups excluding carboxylic acids is 3. The lowest BCUT2D eigenvalue weighted by Gasteiger charge is -2.12. The predicted molar refractivity (Wildman–Crippen MR) is 112 cm³/mol. The van der Waals surface area contributed by atoms with Gasteiger partial charge < -0.3 is 9.73 Å². The Labute approximate surface area is 175 Å². The maximum Gasteiger partial charge on any atom is 0.293 e. The lowest BCUT2D eigenvalue weighted by Crippen LogP contribution is -2.37. The van der Waals surface area contributed by atoms with Crippen molar-refractivity contribution >= 4 is 45.9 Å². The maximum atomic E-state index is 13.8. The van der Waals surface area contributed by atoms with Crippen molar-refractivity contribution in [2.24, 2.45) is 0 Å². The molecule has 0 radical (unpaired) electrons. The van der Waals surface area contributed by atoms with E-state index in [9.17, 15) is 18.8 Å². The molecule has 0 spiro atoms. The van der Waals surface area contributed by atoms with E-state index in [0.29, 0.717) is 5.58 Å². The second-order valence-corrected chi connectivity index (χ2v) is 7.66. The molecule has 2 heterocycles. The third-order valence-electron chi connectivity index (χ3n) is 4.74. The van der Waals surface area contributed by atoms with Crippen molar-refractivity contribution in [3.05, 3.63) is 76.1 Å². The smallest absolute Gasteiger partial charge is 0.293 e. The van der Waals surface area contributed by atoms with Gasteiger partial charge in [0.1, 0.15) is 11.4 Å². The van der Waals surface area contributed by atoms with E-state index in [4.69, 9.17) is 4.42 Å². The van der Waals surface area contributed by atoms with Gasteiger partial charge in [-0.25, -0.2) is 4.39 Å². The monoisotopic (exact) mass is 424 g/mol. The number of hydrogen-bond acceptors (Lipinski definition) is 5. The topological polar surface area (TPSA) is 79.6 Å². The van der Waals surface area contributed by atoms with Crippen LogP contribution in [-0.2, 0) is 4.79 Å². The molecule has 30 heavy (non-hydrogen) atoms. The minimum absolute atomic E-state index is 0.00426. The van der Waals surface area contributed by atoms with Gasteiger partial charge in [-0.15, -0.1) is 0 Å². The van der Waals surface area contributed by atoms with Gasteiger partial charge in [0.15, 0.2) is 5.76 Å². The summed E-state index contributed by atoms with van der Waals surface area (Å²) < 4.78 is 19.4. The standard InChI is InChI=1S/C22H17FN2O4S/c1-13-15-7-3-5-9-17(15)29-19(13)20(26)24-10-11-25-21(27)18(30-22(25)28)12-14-6-2-4-8-16(14)23/h2-9,12H,10-11H2,1H3,(H,24,26)/b18-12-. The van der Waals surface area contributed by atoms with Crippen LogP contribution in [0.1, 0.15) is 21.7 Å². The van der Waals surface area contributed by atoms with Crippen molar-refractivity contribution in [1.82, 2.24) is 10.2 Å². The molecule has 3 aromatic rings. The number of aryl methyl sites for hydroxylation is 1. The van der Waals surface area contributed by atoms with E-state index in [1.165, 1.54) is 18.2 Å². The number of benzene rings is 2. The summed E-state index contributed by atoms with van der Waals surface area (Å²) in [6.45, 7) is 1.87. The third kappa shape index (κ3) is 3.73. The second-order valence-electron chi connectivity index (χ2n) is 6.66. The fourth-order valence-electron chi connectivity index (χ4n) is 3.18. The summed E-state index contributed by atoms with van der Waals surface area (Å²) in [5.41, 5.74) is 1.57. The molecule has 1 aliphatic rings. The summed E-state index contributed by atoms with van der Waals surface area (Å²) in [4.78, 5) is 38.3. The molecule has 6 nitrogen and oxygen atoms in total. The first kappa shape index (κ1) is 19.9. The van der Waals surface area contributed by atoms with Crippen molar-refractivity contribution in [3.63, 3.8) is 0 Å². The Morgan fingerprint density at radius 2 is 1.90 bits per heavy atom. The minimum Gasteiger partial charge on any atom is -0.451 e. The van der Waals surface area contributed by atoms with E-state index in [1.54, 1.807) is 25.1 Å². The zero-order chi connectivity index (χ0) is 21.3. The van der Waals surface area contributed by atoms with Crippen LogP contribution in [0.15, 0.2) is 57.9 Å². The first-order chi connectivity index (χ1) is 14.5. The number of carbonyl (C=O) groups is 3. The fraction of sp³-hybridized carbons (Fsp3) is 0.136. The minimum atomic E-state index is -0.512.